The average molecular weight is 472 g/mol. The monoisotopic (exact) mass is 471 g/mol. The number of nitrogens with zero attached hydrogens (tertiary/aromatic N) is 2. The number of hydrogen-bond acceptors (Lipinski definition) is 4. The highest BCUT2D eigenvalue weighted by Crippen LogP contribution is 2.27. The standard InChI is InChI=1S/C25H28F3N5O/c1-16-18(4-5-22-21(16)11-20(13-29)32-22)15-33-9-6-19(7-10-33)31-23-12-24(34)30-14-17(23)3-2-8-25(26,27)28/h4-5,11-12,14,19,32H,2-3,6-10,15H2,1H3,(H2,30,31,34). The zero-order chi connectivity index (χ0) is 24.3. The minimum absolute atomic E-state index is 0.0105. The molecular weight excluding hydrogens is 443 g/mol. The van der Waals surface area contributed by atoms with Crippen LogP contribution in [0.5, 0.6) is 0 Å². The Morgan fingerprint density at radius 2 is 1.97 bits per heavy atom. The van der Waals surface area contributed by atoms with Gasteiger partial charge in [0.15, 0.2) is 0 Å². The van der Waals surface area contributed by atoms with E-state index >= 15 is 0 Å². The quantitative estimate of drug-likeness (QED) is 0.453. The second-order valence-electron chi connectivity index (χ2n) is 9.01. The van der Waals surface area contributed by atoms with E-state index in [-0.39, 0.29) is 24.4 Å². The number of nitriles is 1. The lowest BCUT2D eigenvalue weighted by Crippen LogP contribution is -2.39. The molecule has 4 rings (SSSR count). The summed E-state index contributed by atoms with van der Waals surface area (Å²) in [4.78, 5) is 19.9. The third kappa shape index (κ3) is 5.81. The summed E-state index contributed by atoms with van der Waals surface area (Å²) in [7, 11) is 0. The van der Waals surface area contributed by atoms with Crippen molar-refractivity contribution in [1.29, 1.82) is 5.26 Å². The van der Waals surface area contributed by atoms with Gasteiger partial charge in [-0.3, -0.25) is 9.69 Å². The van der Waals surface area contributed by atoms with Crippen molar-refractivity contribution in [2.75, 3.05) is 18.4 Å². The first-order chi connectivity index (χ1) is 16.2. The molecule has 1 aliphatic heterocycles. The van der Waals surface area contributed by atoms with Gasteiger partial charge in [-0.2, -0.15) is 18.4 Å². The van der Waals surface area contributed by atoms with Gasteiger partial charge in [-0.15, -0.1) is 0 Å². The van der Waals surface area contributed by atoms with Crippen molar-refractivity contribution in [2.24, 2.45) is 0 Å². The van der Waals surface area contributed by atoms with Crippen LogP contribution in [-0.4, -0.2) is 40.2 Å². The largest absolute Gasteiger partial charge is 0.389 e. The van der Waals surface area contributed by atoms with Gasteiger partial charge in [-0.1, -0.05) is 6.07 Å². The van der Waals surface area contributed by atoms with Gasteiger partial charge in [0.05, 0.1) is 0 Å². The van der Waals surface area contributed by atoms with Crippen LogP contribution in [0.3, 0.4) is 0 Å². The molecule has 6 nitrogen and oxygen atoms in total. The molecule has 0 aliphatic carbocycles. The number of anilines is 1. The Bertz CT molecular complexity index is 1250. The summed E-state index contributed by atoms with van der Waals surface area (Å²) >= 11 is 0. The molecule has 0 atom stereocenters. The Morgan fingerprint density at radius 1 is 1.21 bits per heavy atom. The van der Waals surface area contributed by atoms with Gasteiger partial charge < -0.3 is 15.3 Å². The Morgan fingerprint density at radius 3 is 2.68 bits per heavy atom. The summed E-state index contributed by atoms with van der Waals surface area (Å²) in [6, 6.07) is 9.75. The molecule has 1 saturated heterocycles. The van der Waals surface area contributed by atoms with Gasteiger partial charge in [0, 0.05) is 61.0 Å². The molecule has 3 heterocycles. The number of aryl methyl sites for hydroxylation is 2. The van der Waals surface area contributed by atoms with E-state index in [4.69, 9.17) is 5.26 Å². The first-order valence-electron chi connectivity index (χ1n) is 11.5. The Hall–Kier alpha value is -3.25. The molecule has 0 unspecified atom stereocenters. The van der Waals surface area contributed by atoms with E-state index in [1.807, 2.05) is 12.1 Å². The first kappa shape index (κ1) is 23.9. The summed E-state index contributed by atoms with van der Waals surface area (Å²) in [5.41, 5.74) is 4.98. The van der Waals surface area contributed by atoms with Gasteiger partial charge in [0.2, 0.25) is 5.56 Å². The highest BCUT2D eigenvalue weighted by Gasteiger charge is 2.26. The van der Waals surface area contributed by atoms with Crippen molar-refractivity contribution in [1.82, 2.24) is 14.9 Å². The van der Waals surface area contributed by atoms with Crippen LogP contribution < -0.4 is 10.9 Å². The van der Waals surface area contributed by atoms with E-state index in [1.165, 1.54) is 23.4 Å². The number of hydrogen-bond donors (Lipinski definition) is 3. The Labute approximate surface area is 195 Å². The van der Waals surface area contributed by atoms with Gasteiger partial charge in [-0.05, 0) is 61.4 Å². The number of benzene rings is 1. The average Bonchev–Trinajstić information content (AvgIpc) is 3.22. The Balaban J connectivity index is 1.35. The zero-order valence-corrected chi connectivity index (χ0v) is 19.1. The SMILES string of the molecule is Cc1c(CN2CCC(Nc3cc(=O)[nH]cc3CCCC(F)(F)F)CC2)ccc2[nH]c(C#N)cc12. The number of fused-ring (bicyclic) bond motifs is 1. The lowest BCUT2D eigenvalue weighted by molar-refractivity contribution is -0.135. The van der Waals surface area contributed by atoms with Crippen LogP contribution in [-0.2, 0) is 13.0 Å². The normalized spacial score (nSPS) is 15.5. The van der Waals surface area contributed by atoms with Crippen LogP contribution in [0.25, 0.3) is 10.9 Å². The highest BCUT2D eigenvalue weighted by molar-refractivity contribution is 5.85. The number of piperidine rings is 1. The molecule has 0 bridgehead atoms. The second-order valence-corrected chi connectivity index (χ2v) is 9.01. The summed E-state index contributed by atoms with van der Waals surface area (Å²) < 4.78 is 37.5. The van der Waals surface area contributed by atoms with Crippen molar-refractivity contribution >= 4 is 16.6 Å². The van der Waals surface area contributed by atoms with Crippen LogP contribution in [0.2, 0.25) is 0 Å². The number of aromatic nitrogens is 2. The van der Waals surface area contributed by atoms with Gasteiger partial charge >= 0.3 is 6.18 Å². The summed E-state index contributed by atoms with van der Waals surface area (Å²) in [5, 5.41) is 13.6. The van der Waals surface area contributed by atoms with Crippen molar-refractivity contribution in [3.63, 3.8) is 0 Å². The first-order valence-corrected chi connectivity index (χ1v) is 11.5. The molecule has 0 saturated carbocycles. The van der Waals surface area contributed by atoms with E-state index in [9.17, 15) is 18.0 Å². The van der Waals surface area contributed by atoms with Crippen molar-refractivity contribution in [3.8, 4) is 6.07 Å². The number of aromatic amines is 2. The topological polar surface area (TPSA) is 87.7 Å². The number of nitrogens with one attached hydrogen (secondary N) is 3. The fraction of sp³-hybridized carbons (Fsp3) is 0.440. The minimum Gasteiger partial charge on any atom is -0.382 e. The van der Waals surface area contributed by atoms with Crippen LogP contribution in [0.1, 0.15) is 48.1 Å². The maximum absolute atomic E-state index is 12.5. The summed E-state index contributed by atoms with van der Waals surface area (Å²) in [6.07, 6.45) is -1.50. The Kier molecular flexibility index (Phi) is 6.98. The molecule has 1 fully saturated rings. The lowest BCUT2D eigenvalue weighted by Gasteiger charge is -2.33. The predicted octanol–water partition coefficient (Wildman–Crippen LogP) is 5.00. The number of rotatable bonds is 7. The molecule has 34 heavy (non-hydrogen) atoms. The van der Waals surface area contributed by atoms with E-state index in [1.54, 1.807) is 0 Å². The molecule has 0 radical (unpaired) electrons. The van der Waals surface area contributed by atoms with Crippen LogP contribution >= 0.6 is 0 Å². The summed E-state index contributed by atoms with van der Waals surface area (Å²) in [5.74, 6) is 0. The van der Waals surface area contributed by atoms with Gasteiger partial charge in [0.1, 0.15) is 11.8 Å². The molecule has 1 aliphatic rings. The fourth-order valence-corrected chi connectivity index (χ4v) is 4.64. The maximum atomic E-state index is 12.5. The predicted molar refractivity (Wildman–Crippen MR) is 126 cm³/mol. The third-order valence-electron chi connectivity index (χ3n) is 6.56. The number of pyridine rings is 1. The number of likely N-dealkylation sites (tertiary alicyclic amines) is 1. The number of H-pyrrole nitrogens is 2. The maximum Gasteiger partial charge on any atom is 0.389 e. The molecule has 2 aromatic heterocycles. The molecule has 0 spiro atoms. The van der Waals surface area contributed by atoms with Crippen molar-refractivity contribution in [3.05, 3.63) is 63.2 Å². The molecule has 9 heteroatoms. The van der Waals surface area contributed by atoms with Crippen LogP contribution in [0, 0.1) is 18.3 Å². The summed E-state index contributed by atoms with van der Waals surface area (Å²) in [6.45, 7) is 4.64. The van der Waals surface area contributed by atoms with E-state index in [2.05, 4.69) is 39.2 Å². The lowest BCUT2D eigenvalue weighted by atomic mass is 10.00. The second kappa shape index (κ2) is 9.94. The molecule has 3 aromatic rings. The third-order valence-corrected chi connectivity index (χ3v) is 6.56. The van der Waals surface area contributed by atoms with Crippen molar-refractivity contribution in [2.45, 2.75) is 57.8 Å². The van der Waals surface area contributed by atoms with Crippen LogP contribution in [0.4, 0.5) is 18.9 Å². The minimum atomic E-state index is -4.18. The highest BCUT2D eigenvalue weighted by atomic mass is 19.4. The molecular formula is C25H28F3N5O. The molecule has 0 amide bonds. The van der Waals surface area contributed by atoms with E-state index < -0.39 is 12.6 Å². The van der Waals surface area contributed by atoms with Gasteiger partial charge in [0.25, 0.3) is 0 Å². The molecule has 180 valence electrons. The number of alkyl halides is 3. The molecule has 1 aromatic carbocycles. The van der Waals surface area contributed by atoms with Gasteiger partial charge in [-0.25, -0.2) is 0 Å². The number of halogens is 3. The fourth-order valence-electron chi connectivity index (χ4n) is 4.64. The van der Waals surface area contributed by atoms with Crippen LogP contribution in [0.15, 0.2) is 35.3 Å². The zero-order valence-electron chi connectivity index (χ0n) is 19.1. The van der Waals surface area contributed by atoms with E-state index in [0.717, 1.165) is 43.4 Å². The van der Waals surface area contributed by atoms with E-state index in [0.29, 0.717) is 16.9 Å². The molecule has 3 N–H and O–H groups in total. The van der Waals surface area contributed by atoms with Crippen molar-refractivity contribution < 1.29 is 13.2 Å². The smallest absolute Gasteiger partial charge is 0.382 e.